The van der Waals surface area contributed by atoms with E-state index in [9.17, 15) is 13.9 Å². The molecule has 2 rings (SSSR count). The van der Waals surface area contributed by atoms with Gasteiger partial charge < -0.3 is 10.9 Å². The van der Waals surface area contributed by atoms with Crippen molar-refractivity contribution in [1.29, 1.82) is 5.41 Å². The molecule has 1 saturated carbocycles. The highest BCUT2D eigenvalue weighted by molar-refractivity contribution is 5.79. The number of allylic oxidation sites excluding steroid dienone is 4. The molecule has 1 aliphatic rings. The zero-order valence-corrected chi connectivity index (χ0v) is 18.4. The average Bonchev–Trinajstić information content (AvgIpc) is 3.20. The van der Waals surface area contributed by atoms with Crippen LogP contribution < -0.4 is 5.84 Å². The van der Waals surface area contributed by atoms with Gasteiger partial charge in [-0.3, -0.25) is 5.41 Å². The van der Waals surface area contributed by atoms with Crippen LogP contribution in [0.15, 0.2) is 58.6 Å². The fraction of sp³-hybridized carbons (Fsp3) is 0.542. The van der Waals surface area contributed by atoms with E-state index in [-0.39, 0.29) is 24.6 Å². The van der Waals surface area contributed by atoms with Crippen LogP contribution in [0.5, 0.6) is 0 Å². The molecule has 1 fully saturated rings. The predicted octanol–water partition coefficient (Wildman–Crippen LogP) is 7.01. The second-order valence-electron chi connectivity index (χ2n) is 8.45. The van der Waals surface area contributed by atoms with Gasteiger partial charge in [0.25, 0.3) is 0 Å². The van der Waals surface area contributed by atoms with E-state index in [2.05, 4.69) is 42.4 Å². The van der Waals surface area contributed by atoms with Crippen molar-refractivity contribution in [3.8, 4) is 0 Å². The van der Waals surface area contributed by atoms with Crippen LogP contribution in [0.1, 0.15) is 68.9 Å². The van der Waals surface area contributed by atoms with Crippen molar-refractivity contribution in [3.63, 3.8) is 0 Å². The minimum absolute atomic E-state index is 0.0111. The minimum atomic E-state index is -3.25. The van der Waals surface area contributed by atoms with Crippen molar-refractivity contribution in [2.45, 2.75) is 70.6 Å². The molecule has 7 heteroatoms. The molecule has 4 N–H and O–H groups in total. The molecule has 2 unspecified atom stereocenters. The van der Waals surface area contributed by atoms with Crippen molar-refractivity contribution in [3.05, 3.63) is 59.4 Å². The van der Waals surface area contributed by atoms with Gasteiger partial charge >= 0.3 is 5.92 Å². The summed E-state index contributed by atoms with van der Waals surface area (Å²) in [5.41, 5.74) is 2.46. The highest BCUT2D eigenvalue weighted by atomic mass is 19.3. The van der Waals surface area contributed by atoms with Gasteiger partial charge in [0.05, 0.1) is 0 Å². The van der Waals surface area contributed by atoms with Crippen molar-refractivity contribution >= 4 is 5.84 Å². The number of aliphatic hydroxyl groups is 1. The quantitative estimate of drug-likeness (QED) is 0.0542. The third-order valence-corrected chi connectivity index (χ3v) is 5.99. The normalized spacial score (nSPS) is 21.2. The zero-order chi connectivity index (χ0) is 22.9. The summed E-state index contributed by atoms with van der Waals surface area (Å²) in [5.74, 6) is -0.0675. The molecule has 0 bridgehead atoms. The van der Waals surface area contributed by atoms with E-state index in [1.54, 1.807) is 0 Å². The fourth-order valence-corrected chi connectivity index (χ4v) is 4.19. The van der Waals surface area contributed by atoms with Crippen molar-refractivity contribution < 1.29 is 13.9 Å². The highest BCUT2D eigenvalue weighted by Crippen LogP contribution is 2.46. The summed E-state index contributed by atoms with van der Waals surface area (Å²) in [6.07, 6.45) is 8.68. The van der Waals surface area contributed by atoms with E-state index < -0.39 is 17.6 Å². The topological polar surface area (TPSA) is 94.8 Å². The molecular weight excluding hydrogens is 398 g/mol. The number of hydrogen-bond acceptors (Lipinski definition) is 3. The lowest BCUT2D eigenvalue weighted by atomic mass is 9.87. The van der Waals surface area contributed by atoms with Crippen LogP contribution in [0.2, 0.25) is 0 Å². The molecule has 0 radical (unpaired) electrons. The smallest absolute Gasteiger partial charge is 0.306 e. The van der Waals surface area contributed by atoms with E-state index in [4.69, 9.17) is 11.3 Å². The maximum atomic E-state index is 14.9. The Kier molecular flexibility index (Phi) is 9.34. The number of amidine groups is 1. The van der Waals surface area contributed by atoms with E-state index >= 15 is 0 Å². The van der Waals surface area contributed by atoms with Crippen LogP contribution in [-0.4, -0.2) is 16.9 Å². The number of rotatable bonds is 10. The highest BCUT2D eigenvalue weighted by Gasteiger charge is 2.48. The average molecular weight is 433 g/mol. The van der Waals surface area contributed by atoms with Crippen molar-refractivity contribution in [2.75, 3.05) is 0 Å². The first-order valence-corrected chi connectivity index (χ1v) is 10.9. The van der Waals surface area contributed by atoms with Crippen LogP contribution in [0.25, 0.3) is 0 Å². The Labute approximate surface area is 183 Å². The van der Waals surface area contributed by atoms with E-state index in [1.165, 1.54) is 17.2 Å². The summed E-state index contributed by atoms with van der Waals surface area (Å²) >= 11 is 0. The summed E-state index contributed by atoms with van der Waals surface area (Å²) in [6.45, 7) is 4.20. The molecule has 1 aliphatic carbocycles. The van der Waals surface area contributed by atoms with Gasteiger partial charge in [-0.15, -0.1) is 5.11 Å². The summed E-state index contributed by atoms with van der Waals surface area (Å²) < 4.78 is 29.9. The number of nitrogens with one attached hydrogen (secondary N) is 1. The van der Waals surface area contributed by atoms with Crippen LogP contribution in [0.3, 0.4) is 0 Å². The van der Waals surface area contributed by atoms with Crippen LogP contribution in [0, 0.1) is 24.2 Å². The van der Waals surface area contributed by atoms with Crippen molar-refractivity contribution in [2.24, 2.45) is 28.0 Å². The molecule has 0 spiro atoms. The van der Waals surface area contributed by atoms with Crippen LogP contribution in [0.4, 0.5) is 8.78 Å². The van der Waals surface area contributed by atoms with Gasteiger partial charge in [-0.05, 0) is 62.5 Å². The van der Waals surface area contributed by atoms with Gasteiger partial charge in [0, 0.05) is 12.3 Å². The maximum Gasteiger partial charge on any atom is 0.306 e. The first-order chi connectivity index (χ1) is 14.8. The number of nitrogens with two attached hydrogens (primary N) is 1. The molecule has 3 atom stereocenters. The third-order valence-electron chi connectivity index (χ3n) is 5.99. The Bertz CT molecular complexity index is 820. The van der Waals surface area contributed by atoms with Gasteiger partial charge in [0.15, 0.2) is 5.76 Å². The lowest BCUT2D eigenvalue weighted by Gasteiger charge is -2.26. The minimum Gasteiger partial charge on any atom is -0.506 e. The number of nitrogens with zero attached hydrogens (tertiary/aromatic N) is 2. The summed E-state index contributed by atoms with van der Waals surface area (Å²) in [4.78, 5) is 0. The lowest BCUT2D eigenvalue weighted by molar-refractivity contribution is -0.0623. The second-order valence-corrected chi connectivity index (χ2v) is 8.45. The molecule has 1 aromatic carbocycles. The maximum absolute atomic E-state index is 14.9. The Morgan fingerprint density at radius 2 is 2.16 bits per heavy atom. The molecule has 31 heavy (non-hydrogen) atoms. The Hall–Kier alpha value is -2.57. The summed E-state index contributed by atoms with van der Waals surface area (Å²) in [7, 11) is 0. The van der Waals surface area contributed by atoms with E-state index in [1.807, 2.05) is 18.2 Å². The number of benzene rings is 1. The standard InChI is InChI=1S/C24H34F2N4O/c1-17-8-5-12-20(16-17)18(2)9-6-10-19-11-7-13-21(19)24(25,26)22(31)14-3-4-15-23(27)29-30-28/h5-6,8,10,12,14,16,18-19,21,31H,3-4,7,9,11,13,15H2,1-2H3,(H3,27,28,29)/b10-6+,22-14-/t18?,19?,21-/m0/s1. The van der Waals surface area contributed by atoms with Gasteiger partial charge in [0.2, 0.25) is 0 Å². The number of alkyl halides is 2. The Morgan fingerprint density at radius 3 is 2.87 bits per heavy atom. The number of aliphatic hydroxyl groups excluding tert-OH is 1. The van der Waals surface area contributed by atoms with Gasteiger partial charge in [-0.2, -0.15) is 8.78 Å². The molecule has 0 heterocycles. The molecule has 0 amide bonds. The second kappa shape index (κ2) is 11.7. The predicted molar refractivity (Wildman–Crippen MR) is 120 cm³/mol. The fourth-order valence-electron chi connectivity index (χ4n) is 4.19. The number of halogens is 2. The SMILES string of the molecule is Cc1cccc(C(C)C/C=C/C2CCC[C@@H]2C(F)(F)/C(O)=C/CCCC(=N)N=NN)c1. The monoisotopic (exact) mass is 432 g/mol. The molecular formula is C24H34F2N4O. The van der Waals surface area contributed by atoms with Gasteiger partial charge in [-0.25, -0.2) is 0 Å². The van der Waals surface area contributed by atoms with Gasteiger partial charge in [-0.1, -0.05) is 60.5 Å². The first-order valence-electron chi connectivity index (χ1n) is 10.9. The molecule has 0 saturated heterocycles. The summed E-state index contributed by atoms with van der Waals surface area (Å²) in [5, 5.41) is 23.9. The number of aryl methyl sites for hydroxylation is 1. The number of unbranched alkanes of at least 4 members (excludes halogenated alkanes) is 1. The van der Waals surface area contributed by atoms with Crippen LogP contribution in [-0.2, 0) is 0 Å². The molecule has 170 valence electrons. The van der Waals surface area contributed by atoms with Crippen molar-refractivity contribution in [1.82, 2.24) is 0 Å². The summed E-state index contributed by atoms with van der Waals surface area (Å²) in [6, 6.07) is 8.36. The molecule has 0 aromatic heterocycles. The molecule has 1 aromatic rings. The van der Waals surface area contributed by atoms with Crippen LogP contribution >= 0.6 is 0 Å². The lowest BCUT2D eigenvalue weighted by Crippen LogP contribution is -2.32. The third kappa shape index (κ3) is 7.26. The largest absolute Gasteiger partial charge is 0.506 e. The zero-order valence-electron chi connectivity index (χ0n) is 18.4. The molecule has 0 aliphatic heterocycles. The number of hydrogen-bond donors (Lipinski definition) is 3. The Balaban J connectivity index is 1.93. The van der Waals surface area contributed by atoms with E-state index in [0.29, 0.717) is 25.2 Å². The molecule has 5 nitrogen and oxygen atoms in total. The Morgan fingerprint density at radius 1 is 1.39 bits per heavy atom. The first kappa shape index (κ1) is 24.7. The van der Waals surface area contributed by atoms with Gasteiger partial charge in [0.1, 0.15) is 5.84 Å². The van der Waals surface area contributed by atoms with E-state index in [0.717, 1.165) is 12.8 Å².